The van der Waals surface area contributed by atoms with Crippen LogP contribution in [0.5, 0.6) is 0 Å². The fourth-order valence-corrected chi connectivity index (χ4v) is 2.55. The van der Waals surface area contributed by atoms with Crippen molar-refractivity contribution < 1.29 is 4.74 Å². The van der Waals surface area contributed by atoms with E-state index < -0.39 is 0 Å². The monoisotopic (exact) mass is 480 g/mol. The Morgan fingerprint density at radius 3 is 1.94 bits per heavy atom. The van der Waals surface area contributed by atoms with Crippen molar-refractivity contribution in [2.24, 2.45) is 15.2 Å². The van der Waals surface area contributed by atoms with Crippen molar-refractivity contribution in [1.29, 1.82) is 5.26 Å². The van der Waals surface area contributed by atoms with Crippen molar-refractivity contribution in [1.82, 2.24) is 10.9 Å². The van der Waals surface area contributed by atoms with Gasteiger partial charge in [-0.15, -0.1) is 11.7 Å². The second-order valence-corrected chi connectivity index (χ2v) is 6.77. The summed E-state index contributed by atoms with van der Waals surface area (Å²) in [5, 5.41) is 16.0. The van der Waals surface area contributed by atoms with Crippen LogP contribution in [-0.4, -0.2) is 25.5 Å². The number of amidine groups is 1. The molecule has 0 aliphatic rings. The highest BCUT2D eigenvalue weighted by molar-refractivity contribution is 6.00. The highest BCUT2D eigenvalue weighted by Gasteiger charge is 2.02. The van der Waals surface area contributed by atoms with Crippen molar-refractivity contribution in [3.63, 3.8) is 0 Å². The van der Waals surface area contributed by atoms with E-state index in [-0.39, 0.29) is 0 Å². The van der Waals surface area contributed by atoms with Crippen molar-refractivity contribution in [2.45, 2.75) is 13.8 Å². The smallest absolute Gasteiger partial charge is 0.245 e. The van der Waals surface area contributed by atoms with Gasteiger partial charge in [0, 0.05) is 24.9 Å². The molecule has 7 nitrogen and oxygen atoms in total. The average molecular weight is 481 g/mol. The minimum Gasteiger partial charge on any atom is -0.445 e. The van der Waals surface area contributed by atoms with E-state index in [0.29, 0.717) is 11.5 Å². The molecule has 0 saturated heterocycles. The Kier molecular flexibility index (Phi) is 15.1. The van der Waals surface area contributed by atoms with E-state index >= 15 is 0 Å². The molecule has 184 valence electrons. The number of aliphatic imine (C=N–C) groups is 1. The molecule has 0 fully saturated rings. The largest absolute Gasteiger partial charge is 0.445 e. The van der Waals surface area contributed by atoms with Gasteiger partial charge in [0.05, 0.1) is 23.6 Å². The van der Waals surface area contributed by atoms with Crippen LogP contribution in [0.25, 0.3) is 0 Å². The fourth-order valence-electron chi connectivity index (χ4n) is 2.55. The molecule has 0 amide bonds. The number of hydrogen-bond donors (Lipinski definition) is 2. The van der Waals surface area contributed by atoms with Crippen LogP contribution < -0.4 is 10.9 Å². The molecule has 36 heavy (non-hydrogen) atoms. The average Bonchev–Trinajstić information content (AvgIpc) is 2.93. The molecule has 3 rings (SSSR count). The lowest BCUT2D eigenvalue weighted by Gasteiger charge is -2.08. The molecule has 0 saturated carbocycles. The Morgan fingerprint density at radius 1 is 0.917 bits per heavy atom. The highest BCUT2D eigenvalue weighted by atomic mass is 16.5. The molecule has 0 radical (unpaired) electrons. The molecule has 0 aromatic heterocycles. The second-order valence-electron chi connectivity index (χ2n) is 6.77. The first-order valence-corrected chi connectivity index (χ1v) is 11.1. The standard InChI is InChI=1S/C15H14N4.C11H12N2O.C3H6/c1-17-19-15(13-5-3-2-4-6-13)18-14-9-7-12(11-16)8-10-14;1-3-9-14-11(13-12-2)10-7-5-4-6-8-10;1-3-2/h2-10,17H,1H3,(H,18,19);3-9H,2H2,1H3;3H,1H2,2H3/b;9-3+,13-11-;. The summed E-state index contributed by atoms with van der Waals surface area (Å²) in [5.74, 6) is 1.17. The van der Waals surface area contributed by atoms with E-state index in [4.69, 9.17) is 10.00 Å². The minimum atomic E-state index is 0.443. The predicted molar refractivity (Wildman–Crippen MR) is 150 cm³/mol. The molecular formula is C29H32N6O. The summed E-state index contributed by atoms with van der Waals surface area (Å²) in [4.78, 5) is 4.53. The summed E-state index contributed by atoms with van der Waals surface area (Å²) < 4.78 is 5.25. The lowest BCUT2D eigenvalue weighted by atomic mass is 10.2. The van der Waals surface area contributed by atoms with Gasteiger partial charge in [-0.1, -0.05) is 60.7 Å². The van der Waals surface area contributed by atoms with Gasteiger partial charge < -0.3 is 10.2 Å². The van der Waals surface area contributed by atoms with Gasteiger partial charge in [-0.25, -0.2) is 10.4 Å². The van der Waals surface area contributed by atoms with E-state index in [1.807, 2.05) is 86.6 Å². The maximum absolute atomic E-state index is 8.76. The molecule has 3 aromatic carbocycles. The Morgan fingerprint density at radius 2 is 1.47 bits per heavy atom. The van der Waals surface area contributed by atoms with Crippen LogP contribution in [0.1, 0.15) is 30.5 Å². The summed E-state index contributed by atoms with van der Waals surface area (Å²) in [6, 6.07) is 28.6. The number of nitriles is 1. The molecule has 0 bridgehead atoms. The molecule has 0 aliphatic carbocycles. The first-order valence-electron chi connectivity index (χ1n) is 11.1. The zero-order chi connectivity index (χ0) is 26.4. The summed E-state index contributed by atoms with van der Waals surface area (Å²) in [6.07, 6.45) is 5.08. The minimum absolute atomic E-state index is 0.443. The molecule has 0 aliphatic heterocycles. The SMILES string of the molecule is C=CC.C=N/N=C(\O/C=C/C)c1ccccc1.CNNC(=Nc1ccc(C#N)cc1)c1ccccc1. The molecular weight excluding hydrogens is 448 g/mol. The normalized spacial score (nSPS) is 10.6. The molecule has 0 heterocycles. The highest BCUT2D eigenvalue weighted by Crippen LogP contribution is 2.14. The van der Waals surface area contributed by atoms with Gasteiger partial charge in [0.1, 0.15) is 5.84 Å². The van der Waals surface area contributed by atoms with E-state index in [0.717, 1.165) is 22.6 Å². The van der Waals surface area contributed by atoms with Crippen LogP contribution >= 0.6 is 0 Å². The number of ether oxygens (including phenoxy) is 1. The van der Waals surface area contributed by atoms with Gasteiger partial charge in [-0.2, -0.15) is 10.4 Å². The second kappa shape index (κ2) is 18.6. The molecule has 0 spiro atoms. The molecule has 3 aromatic rings. The lowest BCUT2D eigenvalue weighted by molar-refractivity contribution is 0.470. The van der Waals surface area contributed by atoms with E-state index in [2.05, 4.69) is 45.4 Å². The van der Waals surface area contributed by atoms with E-state index in [9.17, 15) is 0 Å². The third-order valence-corrected chi connectivity index (χ3v) is 4.03. The van der Waals surface area contributed by atoms with Crippen LogP contribution in [0.4, 0.5) is 5.69 Å². The van der Waals surface area contributed by atoms with Crippen molar-refractivity contribution in [2.75, 3.05) is 7.05 Å². The Bertz CT molecular complexity index is 1160. The van der Waals surface area contributed by atoms with E-state index in [1.54, 1.807) is 37.6 Å². The van der Waals surface area contributed by atoms with Crippen LogP contribution in [0.2, 0.25) is 0 Å². The predicted octanol–water partition coefficient (Wildman–Crippen LogP) is 6.15. The number of benzene rings is 3. The van der Waals surface area contributed by atoms with Gasteiger partial charge in [0.25, 0.3) is 0 Å². The van der Waals surface area contributed by atoms with E-state index in [1.165, 1.54) is 0 Å². The number of hydrazine groups is 1. The fraction of sp³-hybridized carbons (Fsp3) is 0.103. The topological polar surface area (TPSA) is 94.2 Å². The third kappa shape index (κ3) is 11.4. The summed E-state index contributed by atoms with van der Waals surface area (Å²) in [7, 11) is 1.79. The summed E-state index contributed by atoms with van der Waals surface area (Å²) in [5.41, 5.74) is 9.17. The number of allylic oxidation sites excluding steroid dienone is 2. The van der Waals surface area contributed by atoms with Crippen LogP contribution in [0.3, 0.4) is 0 Å². The summed E-state index contributed by atoms with van der Waals surface area (Å²) >= 11 is 0. The van der Waals surface area contributed by atoms with Crippen LogP contribution in [-0.2, 0) is 4.74 Å². The Labute approximate surface area is 213 Å². The number of nitrogens with zero attached hydrogens (tertiary/aromatic N) is 4. The van der Waals surface area contributed by atoms with Gasteiger partial charge in [-0.05, 0) is 50.2 Å². The molecule has 2 N–H and O–H groups in total. The zero-order valence-electron chi connectivity index (χ0n) is 20.9. The Hall–Kier alpha value is -4.80. The Balaban J connectivity index is 0.000000337. The van der Waals surface area contributed by atoms with Crippen molar-refractivity contribution >= 4 is 24.1 Å². The van der Waals surface area contributed by atoms with Gasteiger partial charge in [-0.3, -0.25) is 0 Å². The zero-order valence-corrected chi connectivity index (χ0v) is 20.9. The lowest BCUT2D eigenvalue weighted by Crippen LogP contribution is -2.34. The molecule has 7 heteroatoms. The third-order valence-electron chi connectivity index (χ3n) is 4.03. The maximum atomic E-state index is 8.76. The first kappa shape index (κ1) is 29.2. The van der Waals surface area contributed by atoms with Crippen LogP contribution in [0.15, 0.2) is 125 Å². The molecule has 0 unspecified atom stereocenters. The number of nitrogens with one attached hydrogen (secondary N) is 2. The van der Waals surface area contributed by atoms with Crippen LogP contribution in [0, 0.1) is 11.3 Å². The number of rotatable bonds is 6. The maximum Gasteiger partial charge on any atom is 0.245 e. The first-order chi connectivity index (χ1) is 17.6. The van der Waals surface area contributed by atoms with Gasteiger partial charge in [0.15, 0.2) is 0 Å². The molecule has 0 atom stereocenters. The number of hydrogen-bond acceptors (Lipinski definition) is 6. The summed E-state index contributed by atoms with van der Waals surface area (Å²) in [6.45, 7) is 10.4. The van der Waals surface area contributed by atoms with Crippen molar-refractivity contribution in [3.05, 3.63) is 127 Å². The quantitative estimate of drug-likeness (QED) is 0.145. The van der Waals surface area contributed by atoms with Gasteiger partial charge >= 0.3 is 0 Å². The van der Waals surface area contributed by atoms with Crippen molar-refractivity contribution in [3.8, 4) is 6.07 Å². The van der Waals surface area contributed by atoms with Gasteiger partial charge in [0.2, 0.25) is 5.90 Å².